The molecule has 5 heteroatoms. The van der Waals surface area contributed by atoms with Crippen molar-refractivity contribution >= 4 is 23.2 Å². The van der Waals surface area contributed by atoms with Crippen LogP contribution in [-0.2, 0) is 16.0 Å². The zero-order valence-corrected chi connectivity index (χ0v) is 14.4. The lowest BCUT2D eigenvalue weighted by Crippen LogP contribution is -2.36. The van der Waals surface area contributed by atoms with E-state index in [0.717, 1.165) is 23.2 Å². The maximum atomic E-state index is 13.7. The Morgan fingerprint density at radius 3 is 2.36 bits per heavy atom. The van der Waals surface area contributed by atoms with Crippen molar-refractivity contribution < 1.29 is 14.0 Å². The highest BCUT2D eigenvalue weighted by Gasteiger charge is 2.56. The lowest BCUT2D eigenvalue weighted by atomic mass is 10.0. The minimum Gasteiger partial charge on any atom is -0.325 e. The second-order valence-corrected chi connectivity index (χ2v) is 6.43. The Labute approximate surface area is 146 Å². The molecule has 2 amide bonds. The molecule has 1 saturated carbocycles. The number of carbonyl (C=O) groups is 2. The molecule has 2 aromatic carbocycles. The van der Waals surface area contributed by atoms with Crippen molar-refractivity contribution in [2.75, 3.05) is 10.6 Å². The van der Waals surface area contributed by atoms with Crippen molar-refractivity contribution in [2.24, 2.45) is 5.41 Å². The van der Waals surface area contributed by atoms with Gasteiger partial charge in [0.15, 0.2) is 0 Å². The Morgan fingerprint density at radius 1 is 1.04 bits per heavy atom. The predicted octanol–water partition coefficient (Wildman–Crippen LogP) is 4.05. The molecular formula is C20H21FN2O2. The van der Waals surface area contributed by atoms with E-state index in [1.807, 2.05) is 32.0 Å². The molecule has 0 aliphatic heterocycles. The summed E-state index contributed by atoms with van der Waals surface area (Å²) in [5.74, 6) is -1.30. The fourth-order valence-electron chi connectivity index (χ4n) is 2.92. The largest absolute Gasteiger partial charge is 0.325 e. The third kappa shape index (κ3) is 3.27. The van der Waals surface area contributed by atoms with Crippen molar-refractivity contribution in [3.63, 3.8) is 0 Å². The van der Waals surface area contributed by atoms with Gasteiger partial charge in [-0.2, -0.15) is 0 Å². The van der Waals surface area contributed by atoms with Gasteiger partial charge in [0.05, 0.1) is 5.69 Å². The number of nitrogens with one attached hydrogen (secondary N) is 2. The van der Waals surface area contributed by atoms with Crippen LogP contribution in [0.3, 0.4) is 0 Å². The lowest BCUT2D eigenvalue weighted by Gasteiger charge is -2.18. The minimum absolute atomic E-state index is 0.0942. The van der Waals surface area contributed by atoms with Crippen molar-refractivity contribution in [3.05, 3.63) is 59.4 Å². The van der Waals surface area contributed by atoms with E-state index in [1.54, 1.807) is 12.1 Å². The highest BCUT2D eigenvalue weighted by Crippen LogP contribution is 2.48. The third-order valence-electron chi connectivity index (χ3n) is 4.72. The van der Waals surface area contributed by atoms with E-state index >= 15 is 0 Å². The second-order valence-electron chi connectivity index (χ2n) is 6.43. The monoisotopic (exact) mass is 340 g/mol. The first-order valence-corrected chi connectivity index (χ1v) is 8.44. The number of rotatable bonds is 5. The van der Waals surface area contributed by atoms with E-state index < -0.39 is 17.1 Å². The summed E-state index contributed by atoms with van der Waals surface area (Å²) in [5.41, 5.74) is 1.73. The van der Waals surface area contributed by atoms with Gasteiger partial charge in [0, 0.05) is 5.69 Å². The van der Waals surface area contributed by atoms with E-state index in [9.17, 15) is 14.0 Å². The van der Waals surface area contributed by atoms with Crippen LogP contribution in [0.4, 0.5) is 15.8 Å². The Kier molecular flexibility index (Phi) is 4.57. The predicted molar refractivity (Wildman–Crippen MR) is 95.9 cm³/mol. The van der Waals surface area contributed by atoms with Gasteiger partial charge >= 0.3 is 0 Å². The van der Waals surface area contributed by atoms with E-state index in [-0.39, 0.29) is 11.6 Å². The van der Waals surface area contributed by atoms with Gasteiger partial charge in [-0.3, -0.25) is 9.59 Å². The summed E-state index contributed by atoms with van der Waals surface area (Å²) in [7, 11) is 0. The molecule has 1 aliphatic rings. The van der Waals surface area contributed by atoms with Gasteiger partial charge in [-0.1, -0.05) is 37.3 Å². The van der Waals surface area contributed by atoms with Gasteiger partial charge < -0.3 is 10.6 Å². The van der Waals surface area contributed by atoms with Gasteiger partial charge in [0.25, 0.3) is 0 Å². The Balaban J connectivity index is 1.78. The summed E-state index contributed by atoms with van der Waals surface area (Å²) in [5, 5.41) is 5.47. The number of hydrogen-bond donors (Lipinski definition) is 2. The molecule has 3 rings (SSSR count). The highest BCUT2D eigenvalue weighted by molar-refractivity contribution is 6.17. The van der Waals surface area contributed by atoms with Crippen LogP contribution in [0.1, 0.15) is 30.9 Å². The summed E-state index contributed by atoms with van der Waals surface area (Å²) in [4.78, 5) is 25.3. The first kappa shape index (κ1) is 17.1. The molecule has 0 radical (unpaired) electrons. The fraction of sp³-hybridized carbons (Fsp3) is 0.300. The van der Waals surface area contributed by atoms with Crippen LogP contribution in [-0.4, -0.2) is 11.8 Å². The number of carbonyl (C=O) groups excluding carboxylic acids is 2. The molecule has 0 bridgehead atoms. The van der Waals surface area contributed by atoms with Gasteiger partial charge in [-0.25, -0.2) is 4.39 Å². The molecule has 1 fully saturated rings. The first-order valence-electron chi connectivity index (χ1n) is 8.44. The van der Waals surface area contributed by atoms with E-state index in [1.165, 1.54) is 12.1 Å². The summed E-state index contributed by atoms with van der Waals surface area (Å²) >= 11 is 0. The number of halogens is 1. The number of hydrogen-bond acceptors (Lipinski definition) is 2. The van der Waals surface area contributed by atoms with Gasteiger partial charge in [0.2, 0.25) is 11.8 Å². The van der Waals surface area contributed by atoms with Gasteiger partial charge in [0.1, 0.15) is 11.2 Å². The van der Waals surface area contributed by atoms with Crippen LogP contribution in [0.15, 0.2) is 42.5 Å². The standard InChI is InChI=1S/C20H21FN2O2/c1-3-14-8-6-7-13(2)17(14)23-19(25)20(11-12-20)18(24)22-16-10-5-4-9-15(16)21/h4-10H,3,11-12H2,1-2H3,(H,22,24)(H,23,25). The zero-order valence-electron chi connectivity index (χ0n) is 14.4. The Morgan fingerprint density at radius 2 is 1.72 bits per heavy atom. The molecule has 25 heavy (non-hydrogen) atoms. The normalized spacial score (nSPS) is 14.7. The quantitative estimate of drug-likeness (QED) is 0.807. The molecule has 0 heterocycles. The van der Waals surface area contributed by atoms with Crippen LogP contribution >= 0.6 is 0 Å². The fourth-order valence-corrected chi connectivity index (χ4v) is 2.92. The molecule has 2 aromatic rings. The van der Waals surface area contributed by atoms with Crippen LogP contribution in [0, 0.1) is 18.2 Å². The van der Waals surface area contributed by atoms with E-state index in [4.69, 9.17) is 0 Å². The molecule has 4 nitrogen and oxygen atoms in total. The highest BCUT2D eigenvalue weighted by atomic mass is 19.1. The summed E-state index contributed by atoms with van der Waals surface area (Å²) in [6.45, 7) is 3.94. The SMILES string of the molecule is CCc1cccc(C)c1NC(=O)C1(C(=O)Nc2ccccc2F)CC1. The third-order valence-corrected chi connectivity index (χ3v) is 4.72. The molecule has 0 aromatic heterocycles. The smallest absolute Gasteiger partial charge is 0.240 e. The minimum atomic E-state index is -1.12. The summed E-state index contributed by atoms with van der Waals surface area (Å²) in [6, 6.07) is 11.8. The maximum absolute atomic E-state index is 13.7. The zero-order chi connectivity index (χ0) is 18.0. The lowest BCUT2D eigenvalue weighted by molar-refractivity contribution is -0.131. The topological polar surface area (TPSA) is 58.2 Å². The van der Waals surface area contributed by atoms with E-state index in [0.29, 0.717) is 12.8 Å². The van der Waals surface area contributed by atoms with Crippen molar-refractivity contribution in [2.45, 2.75) is 33.1 Å². The van der Waals surface area contributed by atoms with Crippen LogP contribution < -0.4 is 10.6 Å². The van der Waals surface area contributed by atoms with E-state index in [2.05, 4.69) is 10.6 Å². The molecule has 0 spiro atoms. The number of anilines is 2. The van der Waals surface area contributed by atoms with Crippen molar-refractivity contribution in [1.82, 2.24) is 0 Å². The number of benzene rings is 2. The summed E-state index contributed by atoms with van der Waals surface area (Å²) in [6.07, 6.45) is 1.71. The molecule has 1 aliphatic carbocycles. The van der Waals surface area contributed by atoms with Crippen LogP contribution in [0.25, 0.3) is 0 Å². The van der Waals surface area contributed by atoms with Crippen LogP contribution in [0.2, 0.25) is 0 Å². The first-order chi connectivity index (χ1) is 12.0. The average Bonchev–Trinajstić information content (AvgIpc) is 3.40. The second kappa shape index (κ2) is 6.67. The van der Waals surface area contributed by atoms with Crippen LogP contribution in [0.5, 0.6) is 0 Å². The molecular weight excluding hydrogens is 319 g/mol. The summed E-state index contributed by atoms with van der Waals surface area (Å²) < 4.78 is 13.7. The molecule has 130 valence electrons. The number of para-hydroxylation sites is 2. The van der Waals surface area contributed by atoms with Gasteiger partial charge in [-0.15, -0.1) is 0 Å². The van der Waals surface area contributed by atoms with Gasteiger partial charge in [-0.05, 0) is 49.4 Å². The molecule has 2 N–H and O–H groups in total. The molecule has 0 unspecified atom stereocenters. The average molecular weight is 340 g/mol. The number of aryl methyl sites for hydroxylation is 2. The van der Waals surface area contributed by atoms with Crippen molar-refractivity contribution in [1.29, 1.82) is 0 Å². The maximum Gasteiger partial charge on any atom is 0.240 e. The van der Waals surface area contributed by atoms with Crippen molar-refractivity contribution in [3.8, 4) is 0 Å². The molecule has 0 atom stereocenters. The Hall–Kier alpha value is -2.69. The Bertz CT molecular complexity index is 828. The molecule has 0 saturated heterocycles. The number of amides is 2.